The monoisotopic (exact) mass is 676 g/mol. The van der Waals surface area contributed by atoms with E-state index in [-0.39, 0.29) is 17.4 Å². The van der Waals surface area contributed by atoms with Gasteiger partial charge in [-0.15, -0.1) is 11.3 Å². The van der Waals surface area contributed by atoms with Crippen molar-refractivity contribution in [1.82, 2.24) is 9.21 Å². The van der Waals surface area contributed by atoms with Crippen molar-refractivity contribution < 1.29 is 30.7 Å². The number of nitrogens with zero attached hydrogens (tertiary/aromatic N) is 2. The Balaban J connectivity index is 1.60. The Labute approximate surface area is 254 Å². The van der Waals surface area contributed by atoms with Crippen LogP contribution in [0.15, 0.2) is 45.8 Å². The second-order valence-corrected chi connectivity index (χ2v) is 16.9. The highest BCUT2D eigenvalue weighted by molar-refractivity contribution is 8.03. The van der Waals surface area contributed by atoms with E-state index >= 15 is 0 Å². The average molecular weight is 677 g/mol. The molecule has 2 aromatic heterocycles. The first-order valence-corrected chi connectivity index (χ1v) is 18.5. The lowest BCUT2D eigenvalue weighted by Gasteiger charge is -2.37. The lowest BCUT2D eigenvalue weighted by atomic mass is 10.2. The summed E-state index contributed by atoms with van der Waals surface area (Å²) in [6, 6.07) is 7.17. The minimum absolute atomic E-state index is 0.0914. The number of halogens is 1. The lowest BCUT2D eigenvalue weighted by Crippen LogP contribution is -2.53. The highest BCUT2D eigenvalue weighted by Gasteiger charge is 2.55. The quantitative estimate of drug-likeness (QED) is 0.170. The zero-order valence-corrected chi connectivity index (χ0v) is 26.8. The second-order valence-electron chi connectivity index (χ2n) is 9.53. The molecule has 0 radical (unpaired) electrons. The maximum atomic E-state index is 12.5. The molecule has 5 rings (SSSR count). The number of hydrogen-bond donors (Lipinski definition) is 1. The highest BCUT2D eigenvalue weighted by Crippen LogP contribution is 2.57. The number of fused-ring (bicyclic) bond motifs is 3. The largest absolute Gasteiger partial charge is 0.743 e. The zero-order valence-electron chi connectivity index (χ0n) is 21.1. The molecule has 1 spiro atoms. The molecule has 9 nitrogen and oxygen atoms in total. The molecule has 2 atom stereocenters. The first-order valence-electron chi connectivity index (χ1n) is 11.8. The van der Waals surface area contributed by atoms with Crippen molar-refractivity contribution in [2.24, 2.45) is 0 Å². The van der Waals surface area contributed by atoms with Crippen LogP contribution in [0.25, 0.3) is 15.6 Å². The van der Waals surface area contributed by atoms with Crippen LogP contribution in [0.5, 0.6) is 0 Å². The fourth-order valence-electron chi connectivity index (χ4n) is 5.17. The molecule has 16 heteroatoms. The summed E-state index contributed by atoms with van der Waals surface area (Å²) < 4.78 is 65.1. The molecule has 1 amide bonds. The number of carbonyl (C=O) groups excluding carboxylic acids is 1. The number of thiocarbonyl (C=S) groups is 1. The number of quaternary nitrogens is 1. The van der Waals surface area contributed by atoms with E-state index in [1.807, 2.05) is 35.9 Å². The van der Waals surface area contributed by atoms with Crippen molar-refractivity contribution in [3.05, 3.63) is 55.9 Å². The number of nitrogens with one attached hydrogen (secondary N) is 1. The third kappa shape index (κ3) is 5.68. The van der Waals surface area contributed by atoms with E-state index in [1.165, 1.54) is 34.4 Å². The predicted octanol–water partition coefficient (Wildman–Crippen LogP) is 4.35. The third-order valence-electron chi connectivity index (χ3n) is 6.62. The molecule has 0 bridgehead atoms. The topological polar surface area (TPSA) is 124 Å². The summed E-state index contributed by atoms with van der Waals surface area (Å²) >= 11 is 15.7. The van der Waals surface area contributed by atoms with Gasteiger partial charge in [0.25, 0.3) is 10.9 Å². The summed E-state index contributed by atoms with van der Waals surface area (Å²) in [5.41, 5.74) is 2.21. The van der Waals surface area contributed by atoms with E-state index in [1.54, 1.807) is 22.1 Å². The van der Waals surface area contributed by atoms with Crippen LogP contribution in [0.3, 0.4) is 0 Å². The number of carbonyl (C=O) groups is 1. The van der Waals surface area contributed by atoms with E-state index in [0.717, 1.165) is 31.1 Å². The van der Waals surface area contributed by atoms with Crippen LogP contribution in [0, 0.1) is 0 Å². The van der Waals surface area contributed by atoms with E-state index < -0.39 is 31.4 Å². The Bertz CT molecular complexity index is 1840. The Kier molecular flexibility index (Phi) is 8.09. The van der Waals surface area contributed by atoms with Gasteiger partial charge in [0.15, 0.2) is 30.2 Å². The molecule has 1 saturated heterocycles. The molecule has 3 aromatic rings. The van der Waals surface area contributed by atoms with Gasteiger partial charge in [0.05, 0.1) is 17.7 Å². The summed E-state index contributed by atoms with van der Waals surface area (Å²) in [5.74, 6) is -0.684. The van der Waals surface area contributed by atoms with Gasteiger partial charge in [-0.1, -0.05) is 35.2 Å². The van der Waals surface area contributed by atoms with Gasteiger partial charge in [-0.05, 0) is 36.4 Å². The number of aromatic nitrogens is 1. The van der Waals surface area contributed by atoms with Crippen molar-refractivity contribution in [1.29, 1.82) is 0 Å². The van der Waals surface area contributed by atoms with Crippen LogP contribution >= 0.6 is 58.3 Å². The number of amides is 1. The maximum Gasteiger partial charge on any atom is 0.299 e. The Morgan fingerprint density at radius 3 is 2.70 bits per heavy atom. The first kappa shape index (κ1) is 29.8. The van der Waals surface area contributed by atoms with Gasteiger partial charge >= 0.3 is 0 Å². The fraction of sp³-hybridized carbons (Fsp3) is 0.292. The van der Waals surface area contributed by atoms with E-state index in [9.17, 15) is 26.2 Å². The Morgan fingerprint density at radius 2 is 2.02 bits per heavy atom. The zero-order chi connectivity index (χ0) is 29.0. The molecule has 1 N–H and O–H groups in total. The molecule has 4 heterocycles. The fourth-order valence-corrected chi connectivity index (χ4v) is 11.1. The van der Waals surface area contributed by atoms with Gasteiger partial charge in [0, 0.05) is 52.4 Å². The van der Waals surface area contributed by atoms with E-state index in [0.29, 0.717) is 33.7 Å². The molecule has 2 aliphatic heterocycles. The summed E-state index contributed by atoms with van der Waals surface area (Å²) in [7, 11) is -8.36. The van der Waals surface area contributed by atoms with Crippen LogP contribution < -0.4 is 13.8 Å². The Hall–Kier alpha value is -1.69. The van der Waals surface area contributed by atoms with Gasteiger partial charge in [-0.25, -0.2) is 26.0 Å². The van der Waals surface area contributed by atoms with Gasteiger partial charge in [-0.3, -0.25) is 4.79 Å². The van der Waals surface area contributed by atoms with Crippen molar-refractivity contribution in [2.75, 3.05) is 12.8 Å². The van der Waals surface area contributed by atoms with Crippen molar-refractivity contribution >= 4 is 111 Å². The number of hydrogen-bond acceptors (Lipinski definition) is 10. The molecular formula is C24H23ClN3O6S6+. The van der Waals surface area contributed by atoms with Crippen molar-refractivity contribution in [3.8, 4) is 0 Å². The number of benzene rings is 1. The molecule has 1 fully saturated rings. The Morgan fingerprint density at radius 1 is 1.27 bits per heavy atom. The SMILES string of the molecule is CC(=Cc1sc2sc(C=S)cc2[n+]1CC(=O)NS(C)(=O)=O)C=C1Sc2ccc(Cl)cc2[N+]12CCCC2S(=O)(=O)[O-]. The molecule has 0 aliphatic carbocycles. The molecule has 2 aliphatic rings. The highest BCUT2D eigenvalue weighted by atomic mass is 35.5. The van der Waals surface area contributed by atoms with Crippen molar-refractivity contribution in [2.45, 2.75) is 36.6 Å². The van der Waals surface area contributed by atoms with Crippen molar-refractivity contribution in [3.63, 3.8) is 0 Å². The molecule has 2 unspecified atom stereocenters. The third-order valence-corrected chi connectivity index (χ3v) is 12.6. The summed E-state index contributed by atoms with van der Waals surface area (Å²) in [4.78, 5) is 14.2. The number of allylic oxidation sites excluding steroid dienone is 2. The van der Waals surface area contributed by atoms with Crippen LogP contribution in [-0.2, 0) is 31.5 Å². The van der Waals surface area contributed by atoms with Gasteiger partial charge in [0.2, 0.25) is 22.1 Å². The summed E-state index contributed by atoms with van der Waals surface area (Å²) in [6.07, 6.45) is 5.47. The molecule has 212 valence electrons. The van der Waals surface area contributed by atoms with Crippen LogP contribution in [-0.4, -0.2) is 50.8 Å². The van der Waals surface area contributed by atoms with Gasteiger partial charge in [0.1, 0.15) is 0 Å². The normalized spacial score (nSPS) is 22.4. The number of thiophene rings is 1. The number of rotatable bonds is 7. The minimum Gasteiger partial charge on any atom is -0.743 e. The first-order chi connectivity index (χ1) is 18.7. The number of sulfonamides is 1. The molecule has 40 heavy (non-hydrogen) atoms. The second kappa shape index (κ2) is 10.9. The van der Waals surface area contributed by atoms with E-state index in [2.05, 4.69) is 0 Å². The molecular weight excluding hydrogens is 654 g/mol. The summed E-state index contributed by atoms with van der Waals surface area (Å²) in [5, 5.41) is 2.24. The number of thioether (sulfide) groups is 1. The molecule has 1 aromatic carbocycles. The van der Waals surface area contributed by atoms with Gasteiger partial charge in [-0.2, -0.15) is 4.57 Å². The number of thiazole rings is 1. The van der Waals surface area contributed by atoms with Crippen LogP contribution in [0.2, 0.25) is 5.02 Å². The minimum atomic E-state index is -4.63. The molecule has 0 saturated carbocycles. The van der Waals surface area contributed by atoms with Crippen LogP contribution in [0.4, 0.5) is 5.69 Å². The lowest BCUT2D eigenvalue weighted by molar-refractivity contribution is -0.655. The maximum absolute atomic E-state index is 12.5. The van der Waals surface area contributed by atoms with Crippen LogP contribution in [0.1, 0.15) is 29.7 Å². The average Bonchev–Trinajstić information content (AvgIpc) is 3.58. The smallest absolute Gasteiger partial charge is 0.299 e. The van der Waals surface area contributed by atoms with Gasteiger partial charge < -0.3 is 4.55 Å². The van der Waals surface area contributed by atoms with E-state index in [4.69, 9.17) is 23.8 Å². The summed E-state index contributed by atoms with van der Waals surface area (Å²) in [6.45, 7) is 2.08. The predicted molar refractivity (Wildman–Crippen MR) is 164 cm³/mol. The standard InChI is InChI=1S/C24H22ClN3O6S6/c1-14(8-21-27(12-20(29)26-39(2,30)31)17-11-16(13-35)36-24(17)38-21)9-22-28(7-3-4-23(28)40(32,33)34)18-10-15(25)5-6-19(18)37-22/h5-6,8-11,13,23H,3-4,7,12H2,1-2H3/p+1.